The van der Waals surface area contributed by atoms with Crippen LogP contribution in [-0.4, -0.2) is 18.9 Å². The highest BCUT2D eigenvalue weighted by atomic mass is 19.1. The van der Waals surface area contributed by atoms with Crippen molar-refractivity contribution in [2.24, 2.45) is 0 Å². The van der Waals surface area contributed by atoms with E-state index in [0.29, 0.717) is 0 Å². The summed E-state index contributed by atoms with van der Waals surface area (Å²) >= 11 is 0. The summed E-state index contributed by atoms with van der Waals surface area (Å²) in [5.41, 5.74) is -1.54. The third kappa shape index (κ3) is 1.40. The number of ether oxygens (including phenoxy) is 1. The lowest BCUT2D eigenvalue weighted by Crippen LogP contribution is -2.35. The highest BCUT2D eigenvalue weighted by molar-refractivity contribution is 5.28. The Labute approximate surface area is 65.9 Å². The van der Waals surface area contributed by atoms with E-state index in [-0.39, 0.29) is 0 Å². The van der Waals surface area contributed by atoms with Crippen LogP contribution in [0.1, 0.15) is 0 Å². The lowest BCUT2D eigenvalue weighted by Gasteiger charge is -2.26. The van der Waals surface area contributed by atoms with E-state index in [9.17, 15) is 4.39 Å². The Balaban J connectivity index is 2.86. The van der Waals surface area contributed by atoms with Crippen molar-refractivity contribution in [1.29, 1.82) is 0 Å². The number of rotatable bonds is 2. The molecule has 0 saturated heterocycles. The van der Waals surface area contributed by atoms with Gasteiger partial charge in [-0.2, -0.15) is 0 Å². The van der Waals surface area contributed by atoms with E-state index >= 15 is 0 Å². The molecule has 11 heavy (non-hydrogen) atoms. The Morgan fingerprint density at radius 3 is 2.82 bits per heavy atom. The van der Waals surface area contributed by atoms with Gasteiger partial charge in [0.15, 0.2) is 5.67 Å². The van der Waals surface area contributed by atoms with Crippen molar-refractivity contribution in [3.05, 3.63) is 37.0 Å². The predicted octanol–water partition coefficient (Wildman–Crippen LogP) is 2.02. The first-order valence-corrected chi connectivity index (χ1v) is 3.44. The topological polar surface area (TPSA) is 9.23 Å². The molecular weight excluding hydrogens is 143 g/mol. The highest BCUT2D eigenvalue weighted by Crippen LogP contribution is 2.25. The minimum atomic E-state index is -1.54. The molecule has 0 spiro atoms. The fourth-order valence-electron chi connectivity index (χ4n) is 1.05. The van der Waals surface area contributed by atoms with Crippen molar-refractivity contribution in [2.45, 2.75) is 11.8 Å². The molecule has 0 amide bonds. The maximum atomic E-state index is 13.6. The van der Waals surface area contributed by atoms with Crippen molar-refractivity contribution < 1.29 is 9.13 Å². The quantitative estimate of drug-likeness (QED) is 0.553. The first-order chi connectivity index (χ1) is 5.23. The summed E-state index contributed by atoms with van der Waals surface area (Å²) in [4.78, 5) is 0. The molecule has 1 aliphatic carbocycles. The minimum absolute atomic E-state index is 0.537. The third-order valence-electron chi connectivity index (χ3n) is 1.75. The second-order valence-corrected chi connectivity index (χ2v) is 2.43. The Hall–Kier alpha value is -0.890. The van der Waals surface area contributed by atoms with Crippen LogP contribution in [0.25, 0.3) is 0 Å². The second kappa shape index (κ2) is 3.01. The van der Waals surface area contributed by atoms with E-state index in [4.69, 9.17) is 4.74 Å². The molecule has 0 heterocycles. The van der Waals surface area contributed by atoms with Crippen LogP contribution in [0.3, 0.4) is 0 Å². The average molecular weight is 154 g/mol. The molecule has 0 saturated carbocycles. The first-order valence-electron chi connectivity index (χ1n) is 3.44. The molecule has 0 bridgehead atoms. The maximum Gasteiger partial charge on any atom is 0.176 e. The standard InChI is InChI=1S/C9H11FO/c1-3-9(10)7-5-4-6-8(9)11-2/h3-8H,1H2,2H3. The average Bonchev–Trinajstić information content (AvgIpc) is 2.05. The fraction of sp³-hybridized carbons (Fsp3) is 0.333. The van der Waals surface area contributed by atoms with Gasteiger partial charge in [-0.05, 0) is 12.2 Å². The Morgan fingerprint density at radius 2 is 2.36 bits per heavy atom. The SMILES string of the molecule is C=CC1(F)C=CC=CC1OC. The third-order valence-corrected chi connectivity index (χ3v) is 1.75. The molecule has 1 rings (SSSR count). The number of alkyl halides is 1. The molecule has 0 aromatic carbocycles. The molecule has 1 aliphatic rings. The van der Waals surface area contributed by atoms with E-state index in [0.717, 1.165) is 0 Å². The van der Waals surface area contributed by atoms with Gasteiger partial charge in [-0.3, -0.25) is 0 Å². The van der Waals surface area contributed by atoms with Crippen molar-refractivity contribution in [3.63, 3.8) is 0 Å². The molecule has 2 atom stereocenters. The smallest absolute Gasteiger partial charge is 0.176 e. The molecule has 0 N–H and O–H groups in total. The normalized spacial score (nSPS) is 35.6. The number of allylic oxidation sites excluding steroid dienone is 2. The van der Waals surface area contributed by atoms with Crippen LogP contribution < -0.4 is 0 Å². The zero-order valence-corrected chi connectivity index (χ0v) is 6.46. The molecule has 2 unspecified atom stereocenters. The van der Waals surface area contributed by atoms with Gasteiger partial charge in [0.05, 0.1) is 0 Å². The van der Waals surface area contributed by atoms with E-state index in [2.05, 4.69) is 6.58 Å². The molecule has 0 aromatic rings. The maximum absolute atomic E-state index is 13.6. The van der Waals surface area contributed by atoms with E-state index in [1.54, 1.807) is 18.2 Å². The van der Waals surface area contributed by atoms with Gasteiger partial charge in [-0.15, -0.1) is 0 Å². The van der Waals surface area contributed by atoms with Crippen molar-refractivity contribution in [2.75, 3.05) is 7.11 Å². The molecule has 0 aliphatic heterocycles. The van der Waals surface area contributed by atoms with Crippen LogP contribution in [0.15, 0.2) is 37.0 Å². The van der Waals surface area contributed by atoms with Gasteiger partial charge in [-0.25, -0.2) is 4.39 Å². The summed E-state index contributed by atoms with van der Waals surface area (Å²) in [5.74, 6) is 0. The van der Waals surface area contributed by atoms with Crippen LogP contribution >= 0.6 is 0 Å². The summed E-state index contributed by atoms with van der Waals surface area (Å²) < 4.78 is 18.5. The first kappa shape index (κ1) is 8.21. The summed E-state index contributed by atoms with van der Waals surface area (Å²) in [5, 5.41) is 0. The number of hydrogen-bond donors (Lipinski definition) is 0. The monoisotopic (exact) mass is 154 g/mol. The van der Waals surface area contributed by atoms with Crippen molar-refractivity contribution in [3.8, 4) is 0 Å². The zero-order valence-electron chi connectivity index (χ0n) is 6.46. The summed E-state index contributed by atoms with van der Waals surface area (Å²) in [6.45, 7) is 3.41. The summed E-state index contributed by atoms with van der Waals surface area (Å²) in [6.07, 6.45) is 7.23. The molecule has 2 heteroatoms. The lowest BCUT2D eigenvalue weighted by atomic mass is 9.94. The van der Waals surface area contributed by atoms with E-state index in [1.165, 1.54) is 19.3 Å². The number of methoxy groups -OCH3 is 1. The van der Waals surface area contributed by atoms with Crippen LogP contribution in [0.2, 0.25) is 0 Å². The molecule has 0 radical (unpaired) electrons. The van der Waals surface area contributed by atoms with Crippen molar-refractivity contribution in [1.82, 2.24) is 0 Å². The van der Waals surface area contributed by atoms with Gasteiger partial charge in [-0.1, -0.05) is 24.8 Å². The largest absolute Gasteiger partial charge is 0.373 e. The van der Waals surface area contributed by atoms with Crippen LogP contribution in [-0.2, 0) is 4.74 Å². The van der Waals surface area contributed by atoms with Crippen LogP contribution in [0.5, 0.6) is 0 Å². The van der Waals surface area contributed by atoms with Crippen molar-refractivity contribution >= 4 is 0 Å². The zero-order chi connectivity index (χ0) is 8.32. The number of hydrogen-bond acceptors (Lipinski definition) is 1. The molecule has 0 aromatic heterocycles. The molecule has 0 fully saturated rings. The van der Waals surface area contributed by atoms with Gasteiger partial charge < -0.3 is 4.74 Å². The molecule has 1 nitrogen and oxygen atoms in total. The van der Waals surface area contributed by atoms with Gasteiger partial charge in [0, 0.05) is 7.11 Å². The number of halogens is 1. The molecule has 60 valence electrons. The highest BCUT2D eigenvalue weighted by Gasteiger charge is 2.33. The van der Waals surface area contributed by atoms with Gasteiger partial charge in [0.25, 0.3) is 0 Å². The van der Waals surface area contributed by atoms with E-state index < -0.39 is 11.8 Å². The lowest BCUT2D eigenvalue weighted by molar-refractivity contribution is 0.0478. The van der Waals surface area contributed by atoms with Crippen LogP contribution in [0.4, 0.5) is 4.39 Å². The second-order valence-electron chi connectivity index (χ2n) is 2.43. The van der Waals surface area contributed by atoms with E-state index in [1.807, 2.05) is 0 Å². The van der Waals surface area contributed by atoms with Gasteiger partial charge >= 0.3 is 0 Å². The summed E-state index contributed by atoms with van der Waals surface area (Å²) in [7, 11) is 1.48. The fourth-order valence-corrected chi connectivity index (χ4v) is 1.05. The minimum Gasteiger partial charge on any atom is -0.373 e. The van der Waals surface area contributed by atoms with Crippen LogP contribution in [0, 0.1) is 0 Å². The Bertz CT molecular complexity index is 208. The Kier molecular flexibility index (Phi) is 2.25. The van der Waals surface area contributed by atoms with Gasteiger partial charge in [0.1, 0.15) is 6.10 Å². The predicted molar refractivity (Wildman–Crippen MR) is 43.1 cm³/mol. The molecular formula is C9H11FO. The Morgan fingerprint density at radius 1 is 1.64 bits per heavy atom. The summed E-state index contributed by atoms with van der Waals surface area (Å²) in [6, 6.07) is 0. The van der Waals surface area contributed by atoms with Gasteiger partial charge in [0.2, 0.25) is 0 Å².